The first-order chi connectivity index (χ1) is 9.04. The zero-order valence-electron chi connectivity index (χ0n) is 11.9. The van der Waals surface area contributed by atoms with Crippen molar-refractivity contribution >= 4 is 0 Å². The van der Waals surface area contributed by atoms with Crippen LogP contribution in [0.5, 0.6) is 0 Å². The van der Waals surface area contributed by atoms with E-state index in [2.05, 4.69) is 31.3 Å². The van der Waals surface area contributed by atoms with E-state index in [0.29, 0.717) is 5.56 Å². The Morgan fingerprint density at radius 1 is 1.00 bits per heavy atom. The molecule has 0 fully saturated rings. The van der Waals surface area contributed by atoms with E-state index in [0.717, 1.165) is 11.1 Å². The molecular formula is C17H20FN. The molecule has 0 aliphatic rings. The quantitative estimate of drug-likeness (QED) is 0.874. The molecule has 0 aliphatic carbocycles. The highest BCUT2D eigenvalue weighted by Gasteiger charge is 2.18. The Balaban J connectivity index is 2.56. The molecule has 1 nitrogen and oxygen atoms in total. The van der Waals surface area contributed by atoms with Crippen molar-refractivity contribution in [3.63, 3.8) is 0 Å². The first-order valence-electron chi connectivity index (χ1n) is 6.54. The van der Waals surface area contributed by atoms with Gasteiger partial charge in [0.05, 0.1) is 6.04 Å². The Labute approximate surface area is 114 Å². The van der Waals surface area contributed by atoms with Crippen LogP contribution >= 0.6 is 0 Å². The predicted octanol–water partition coefficient (Wildman–Crippen LogP) is 4.06. The van der Waals surface area contributed by atoms with Crippen LogP contribution in [-0.2, 0) is 0 Å². The molecule has 1 unspecified atom stereocenters. The molecule has 19 heavy (non-hydrogen) atoms. The van der Waals surface area contributed by atoms with Gasteiger partial charge in [0.1, 0.15) is 5.82 Å². The minimum Gasteiger partial charge on any atom is -0.309 e. The Morgan fingerprint density at radius 2 is 1.74 bits per heavy atom. The molecule has 2 heteroatoms. The van der Waals surface area contributed by atoms with Gasteiger partial charge in [0.2, 0.25) is 0 Å². The third kappa shape index (κ3) is 2.69. The maximum Gasteiger partial charge on any atom is 0.128 e. The van der Waals surface area contributed by atoms with Crippen LogP contribution in [0.25, 0.3) is 0 Å². The maximum absolute atomic E-state index is 14.1. The summed E-state index contributed by atoms with van der Waals surface area (Å²) in [6.45, 7) is 6.15. The lowest BCUT2D eigenvalue weighted by molar-refractivity contribution is 0.574. The summed E-state index contributed by atoms with van der Waals surface area (Å²) in [5.74, 6) is -0.161. The van der Waals surface area contributed by atoms with Gasteiger partial charge in [0.15, 0.2) is 0 Å². The topological polar surface area (TPSA) is 12.0 Å². The van der Waals surface area contributed by atoms with Crippen LogP contribution in [0.4, 0.5) is 4.39 Å². The van der Waals surface area contributed by atoms with Crippen LogP contribution in [0.15, 0.2) is 36.4 Å². The Morgan fingerprint density at radius 3 is 2.42 bits per heavy atom. The van der Waals surface area contributed by atoms with Crippen molar-refractivity contribution in [2.24, 2.45) is 0 Å². The molecule has 2 aromatic carbocycles. The second-order valence-corrected chi connectivity index (χ2v) is 5.04. The molecule has 0 saturated heterocycles. The van der Waals surface area contributed by atoms with Crippen molar-refractivity contribution in [3.05, 3.63) is 70.0 Å². The van der Waals surface area contributed by atoms with Crippen molar-refractivity contribution in [1.82, 2.24) is 5.32 Å². The molecule has 1 atom stereocenters. The summed E-state index contributed by atoms with van der Waals surface area (Å²) in [7, 11) is 1.87. The average molecular weight is 257 g/mol. The molecule has 0 aliphatic heterocycles. The summed E-state index contributed by atoms with van der Waals surface area (Å²) in [5, 5.41) is 3.23. The van der Waals surface area contributed by atoms with Crippen LogP contribution in [0.1, 0.15) is 33.9 Å². The van der Waals surface area contributed by atoms with Gasteiger partial charge in [-0.3, -0.25) is 0 Å². The zero-order chi connectivity index (χ0) is 14.0. The highest BCUT2D eigenvalue weighted by molar-refractivity contribution is 5.41. The van der Waals surface area contributed by atoms with E-state index in [9.17, 15) is 4.39 Å². The second kappa shape index (κ2) is 5.54. The van der Waals surface area contributed by atoms with Crippen molar-refractivity contribution in [2.45, 2.75) is 26.8 Å². The highest BCUT2D eigenvalue weighted by atomic mass is 19.1. The first-order valence-corrected chi connectivity index (χ1v) is 6.54. The van der Waals surface area contributed by atoms with Gasteiger partial charge in [-0.05, 0) is 50.6 Å². The monoisotopic (exact) mass is 257 g/mol. The molecule has 0 spiro atoms. The zero-order valence-corrected chi connectivity index (χ0v) is 11.9. The SMILES string of the molecule is CNC(c1cc(C)ccc1F)c1cccc(C)c1C. The highest BCUT2D eigenvalue weighted by Crippen LogP contribution is 2.28. The lowest BCUT2D eigenvalue weighted by Crippen LogP contribution is -2.20. The van der Waals surface area contributed by atoms with Crippen molar-refractivity contribution in [1.29, 1.82) is 0 Å². The molecular weight excluding hydrogens is 237 g/mol. The molecule has 2 rings (SSSR count). The van der Waals surface area contributed by atoms with Crippen LogP contribution < -0.4 is 5.32 Å². The lowest BCUT2D eigenvalue weighted by Gasteiger charge is -2.21. The van der Waals surface area contributed by atoms with Crippen LogP contribution in [-0.4, -0.2) is 7.05 Å². The Kier molecular flexibility index (Phi) is 4.01. The standard InChI is InChI=1S/C17H20FN/c1-11-8-9-16(18)15(10-11)17(19-4)14-7-5-6-12(2)13(14)3/h5-10,17,19H,1-4H3. The van der Waals surface area contributed by atoms with Crippen molar-refractivity contribution in [3.8, 4) is 0 Å². The van der Waals surface area contributed by atoms with E-state index in [1.165, 1.54) is 11.1 Å². The average Bonchev–Trinajstić information content (AvgIpc) is 2.39. The molecule has 1 N–H and O–H groups in total. The Bertz CT molecular complexity index is 588. The van der Waals surface area contributed by atoms with E-state index < -0.39 is 0 Å². The summed E-state index contributed by atoms with van der Waals surface area (Å²) < 4.78 is 14.1. The Hall–Kier alpha value is -1.67. The minimum atomic E-state index is -0.161. The summed E-state index contributed by atoms with van der Waals surface area (Å²) in [6.07, 6.45) is 0. The molecule has 0 bridgehead atoms. The van der Waals surface area contributed by atoms with Gasteiger partial charge in [-0.1, -0.05) is 35.9 Å². The third-order valence-electron chi connectivity index (χ3n) is 3.71. The summed E-state index contributed by atoms with van der Waals surface area (Å²) in [5.41, 5.74) is 5.35. The van der Waals surface area contributed by atoms with Gasteiger partial charge in [-0.2, -0.15) is 0 Å². The van der Waals surface area contributed by atoms with Gasteiger partial charge in [-0.25, -0.2) is 4.39 Å². The smallest absolute Gasteiger partial charge is 0.128 e. The molecule has 0 radical (unpaired) electrons. The van der Waals surface area contributed by atoms with Crippen LogP contribution in [0.2, 0.25) is 0 Å². The number of halogens is 1. The second-order valence-electron chi connectivity index (χ2n) is 5.04. The van der Waals surface area contributed by atoms with Gasteiger partial charge in [-0.15, -0.1) is 0 Å². The number of hydrogen-bond donors (Lipinski definition) is 1. The van der Waals surface area contributed by atoms with E-state index in [4.69, 9.17) is 0 Å². The molecule has 100 valence electrons. The van der Waals surface area contributed by atoms with Gasteiger partial charge < -0.3 is 5.32 Å². The number of hydrogen-bond acceptors (Lipinski definition) is 1. The molecule has 2 aromatic rings. The van der Waals surface area contributed by atoms with Crippen molar-refractivity contribution < 1.29 is 4.39 Å². The molecule has 0 amide bonds. The number of benzene rings is 2. The summed E-state index contributed by atoms with van der Waals surface area (Å²) in [6, 6.07) is 11.3. The number of aryl methyl sites for hydroxylation is 2. The summed E-state index contributed by atoms with van der Waals surface area (Å²) >= 11 is 0. The van der Waals surface area contributed by atoms with Gasteiger partial charge in [0.25, 0.3) is 0 Å². The predicted molar refractivity (Wildman–Crippen MR) is 78.0 cm³/mol. The van der Waals surface area contributed by atoms with Crippen LogP contribution in [0.3, 0.4) is 0 Å². The summed E-state index contributed by atoms with van der Waals surface area (Å²) in [4.78, 5) is 0. The van der Waals surface area contributed by atoms with E-state index in [1.54, 1.807) is 12.1 Å². The van der Waals surface area contributed by atoms with Gasteiger partial charge >= 0.3 is 0 Å². The first kappa shape index (κ1) is 13.8. The van der Waals surface area contributed by atoms with E-state index in [-0.39, 0.29) is 11.9 Å². The van der Waals surface area contributed by atoms with E-state index >= 15 is 0 Å². The number of rotatable bonds is 3. The fourth-order valence-corrected chi connectivity index (χ4v) is 2.45. The fourth-order valence-electron chi connectivity index (χ4n) is 2.45. The van der Waals surface area contributed by atoms with E-state index in [1.807, 2.05) is 26.1 Å². The van der Waals surface area contributed by atoms with Crippen LogP contribution in [0, 0.1) is 26.6 Å². The molecule has 0 saturated carbocycles. The minimum absolute atomic E-state index is 0.111. The van der Waals surface area contributed by atoms with Gasteiger partial charge in [0, 0.05) is 5.56 Å². The molecule has 0 heterocycles. The maximum atomic E-state index is 14.1. The lowest BCUT2D eigenvalue weighted by atomic mass is 9.92. The third-order valence-corrected chi connectivity index (χ3v) is 3.71. The van der Waals surface area contributed by atoms with Crippen molar-refractivity contribution in [2.75, 3.05) is 7.05 Å². The fraction of sp³-hybridized carbons (Fsp3) is 0.294. The molecule has 0 aromatic heterocycles. The normalized spacial score (nSPS) is 12.5. The number of nitrogens with one attached hydrogen (secondary N) is 1. The largest absolute Gasteiger partial charge is 0.309 e.